The second-order valence-corrected chi connectivity index (χ2v) is 4.36. The third-order valence-corrected chi connectivity index (χ3v) is 3.45. The molecule has 16 heavy (non-hydrogen) atoms. The Morgan fingerprint density at radius 2 is 2.31 bits per heavy atom. The zero-order valence-corrected chi connectivity index (χ0v) is 9.62. The van der Waals surface area contributed by atoms with Crippen LogP contribution in [0.4, 0.5) is 5.69 Å². The highest BCUT2D eigenvalue weighted by molar-refractivity contribution is 8.00. The Labute approximate surface area is 97.7 Å². The Bertz CT molecular complexity index is 425. The molecule has 1 saturated heterocycles. The van der Waals surface area contributed by atoms with Crippen molar-refractivity contribution in [3.63, 3.8) is 0 Å². The smallest absolute Gasteiger partial charge is 0.240 e. The predicted octanol–water partition coefficient (Wildman–Crippen LogP) is 2.16. The number of benzene rings is 1. The summed E-state index contributed by atoms with van der Waals surface area (Å²) in [5.41, 5.74) is 0.464. The van der Waals surface area contributed by atoms with Gasteiger partial charge in [-0.05, 0) is 12.1 Å². The summed E-state index contributed by atoms with van der Waals surface area (Å²) in [6.45, 7) is 0. The highest BCUT2D eigenvalue weighted by Gasteiger charge is 2.23. The molecule has 0 atom stereocenters. The lowest BCUT2D eigenvalue weighted by Crippen LogP contribution is -2.31. The van der Waals surface area contributed by atoms with E-state index in [9.17, 15) is 4.79 Å². The zero-order valence-electron chi connectivity index (χ0n) is 8.80. The van der Waals surface area contributed by atoms with Crippen molar-refractivity contribution in [2.24, 2.45) is 4.99 Å². The largest absolute Gasteiger partial charge is 0.493 e. The number of isocyanates is 1. The van der Waals surface area contributed by atoms with Crippen LogP contribution in [0.5, 0.6) is 11.5 Å². The van der Waals surface area contributed by atoms with Gasteiger partial charge in [0.1, 0.15) is 11.8 Å². The topological polar surface area (TPSA) is 47.9 Å². The van der Waals surface area contributed by atoms with E-state index in [1.165, 1.54) is 6.08 Å². The first kappa shape index (κ1) is 11.0. The molecule has 0 aliphatic carbocycles. The number of aliphatic imine (C=N–C) groups is 1. The highest BCUT2D eigenvalue weighted by atomic mass is 32.2. The minimum atomic E-state index is 0.182. The molecule has 4 nitrogen and oxygen atoms in total. The molecule has 0 spiro atoms. The molecular formula is C11H11NO3S. The molecule has 0 radical (unpaired) electrons. The predicted molar refractivity (Wildman–Crippen MR) is 62.5 cm³/mol. The van der Waals surface area contributed by atoms with E-state index in [-0.39, 0.29) is 6.10 Å². The fourth-order valence-electron chi connectivity index (χ4n) is 1.37. The first-order valence-electron chi connectivity index (χ1n) is 4.84. The molecule has 1 aliphatic heterocycles. The molecule has 1 aliphatic rings. The van der Waals surface area contributed by atoms with Crippen molar-refractivity contribution in [3.05, 3.63) is 18.2 Å². The molecule has 0 amide bonds. The summed E-state index contributed by atoms with van der Waals surface area (Å²) in [5, 5.41) is 0. The van der Waals surface area contributed by atoms with Gasteiger partial charge < -0.3 is 9.47 Å². The minimum Gasteiger partial charge on any atom is -0.493 e. The summed E-state index contributed by atoms with van der Waals surface area (Å²) in [4.78, 5) is 13.9. The van der Waals surface area contributed by atoms with Crippen LogP contribution in [0.2, 0.25) is 0 Å². The SMILES string of the molecule is COc1cccc(N=C=O)c1OC1CSC1. The third-order valence-electron chi connectivity index (χ3n) is 2.24. The number of hydrogen-bond acceptors (Lipinski definition) is 5. The van der Waals surface area contributed by atoms with E-state index in [0.29, 0.717) is 17.2 Å². The Morgan fingerprint density at radius 3 is 2.88 bits per heavy atom. The summed E-state index contributed by atoms with van der Waals surface area (Å²) < 4.78 is 10.9. The normalized spacial score (nSPS) is 14.8. The molecule has 1 fully saturated rings. The molecule has 2 rings (SSSR count). The van der Waals surface area contributed by atoms with Crippen molar-refractivity contribution in [1.82, 2.24) is 0 Å². The zero-order chi connectivity index (χ0) is 11.4. The average molecular weight is 237 g/mol. The van der Waals surface area contributed by atoms with E-state index in [2.05, 4.69) is 4.99 Å². The van der Waals surface area contributed by atoms with Crippen LogP contribution in [0.25, 0.3) is 0 Å². The molecular weight excluding hydrogens is 226 g/mol. The Morgan fingerprint density at radius 1 is 1.50 bits per heavy atom. The molecule has 1 aromatic carbocycles. The standard InChI is InChI=1S/C11H11NO3S/c1-14-10-4-2-3-9(12-7-13)11(10)15-8-5-16-6-8/h2-4,8H,5-6H2,1H3. The van der Waals surface area contributed by atoms with Crippen LogP contribution in [-0.4, -0.2) is 30.8 Å². The van der Waals surface area contributed by atoms with Gasteiger partial charge in [0.2, 0.25) is 6.08 Å². The van der Waals surface area contributed by atoms with E-state index in [4.69, 9.17) is 9.47 Å². The Kier molecular flexibility index (Phi) is 3.49. The van der Waals surface area contributed by atoms with Gasteiger partial charge in [-0.1, -0.05) is 6.07 Å². The van der Waals surface area contributed by atoms with E-state index in [1.54, 1.807) is 25.3 Å². The maximum Gasteiger partial charge on any atom is 0.240 e. The first-order valence-corrected chi connectivity index (χ1v) is 6.00. The summed E-state index contributed by atoms with van der Waals surface area (Å²) in [7, 11) is 1.56. The van der Waals surface area contributed by atoms with Gasteiger partial charge in [-0.2, -0.15) is 16.8 Å². The molecule has 84 valence electrons. The number of methoxy groups -OCH3 is 1. The van der Waals surface area contributed by atoms with Crippen molar-refractivity contribution in [2.75, 3.05) is 18.6 Å². The van der Waals surface area contributed by atoms with Gasteiger partial charge in [0.25, 0.3) is 0 Å². The fourth-order valence-corrected chi connectivity index (χ4v) is 1.93. The highest BCUT2D eigenvalue weighted by Crippen LogP contribution is 2.39. The number of hydrogen-bond donors (Lipinski definition) is 0. The average Bonchev–Trinajstić information content (AvgIpc) is 2.25. The van der Waals surface area contributed by atoms with Crippen LogP contribution in [0.15, 0.2) is 23.2 Å². The summed E-state index contributed by atoms with van der Waals surface area (Å²) >= 11 is 1.82. The number of thioether (sulfide) groups is 1. The third kappa shape index (κ3) is 2.21. The molecule has 5 heteroatoms. The van der Waals surface area contributed by atoms with Gasteiger partial charge >= 0.3 is 0 Å². The van der Waals surface area contributed by atoms with Gasteiger partial charge in [-0.3, -0.25) is 0 Å². The fraction of sp³-hybridized carbons (Fsp3) is 0.364. The maximum absolute atomic E-state index is 10.3. The lowest BCUT2D eigenvalue weighted by atomic mass is 10.2. The van der Waals surface area contributed by atoms with E-state index >= 15 is 0 Å². The molecule has 0 N–H and O–H groups in total. The lowest BCUT2D eigenvalue weighted by molar-refractivity contribution is 0.229. The van der Waals surface area contributed by atoms with Crippen molar-refractivity contribution >= 4 is 23.5 Å². The number of ether oxygens (including phenoxy) is 2. The van der Waals surface area contributed by atoms with E-state index in [0.717, 1.165) is 11.5 Å². The van der Waals surface area contributed by atoms with Crippen LogP contribution in [0.3, 0.4) is 0 Å². The maximum atomic E-state index is 10.3. The number of nitrogens with zero attached hydrogens (tertiary/aromatic N) is 1. The van der Waals surface area contributed by atoms with E-state index in [1.807, 2.05) is 11.8 Å². The first-order chi connectivity index (χ1) is 7.85. The number of rotatable bonds is 4. The Balaban J connectivity index is 2.31. The molecule has 0 bridgehead atoms. The molecule has 0 aromatic heterocycles. The van der Waals surface area contributed by atoms with Gasteiger partial charge in [-0.25, -0.2) is 4.79 Å². The quantitative estimate of drug-likeness (QED) is 0.594. The monoisotopic (exact) mass is 237 g/mol. The summed E-state index contributed by atoms with van der Waals surface area (Å²) in [5.74, 6) is 3.04. The van der Waals surface area contributed by atoms with Gasteiger partial charge in [0.15, 0.2) is 11.5 Å². The van der Waals surface area contributed by atoms with Gasteiger partial charge in [-0.15, -0.1) is 0 Å². The van der Waals surface area contributed by atoms with Crippen LogP contribution >= 0.6 is 11.8 Å². The number of carbonyl (C=O) groups excluding carboxylic acids is 1. The minimum absolute atomic E-state index is 0.182. The van der Waals surface area contributed by atoms with Crippen LogP contribution in [0.1, 0.15) is 0 Å². The summed E-state index contributed by atoms with van der Waals surface area (Å²) in [6.07, 6.45) is 1.70. The number of para-hydroxylation sites is 1. The van der Waals surface area contributed by atoms with E-state index < -0.39 is 0 Å². The van der Waals surface area contributed by atoms with Gasteiger partial charge in [0, 0.05) is 11.5 Å². The van der Waals surface area contributed by atoms with Crippen LogP contribution in [-0.2, 0) is 4.79 Å². The summed E-state index contributed by atoms with van der Waals surface area (Å²) in [6, 6.07) is 5.25. The second kappa shape index (κ2) is 5.05. The molecule has 0 saturated carbocycles. The van der Waals surface area contributed by atoms with Crippen molar-refractivity contribution in [1.29, 1.82) is 0 Å². The van der Waals surface area contributed by atoms with Crippen LogP contribution in [0, 0.1) is 0 Å². The molecule has 1 aromatic rings. The van der Waals surface area contributed by atoms with Crippen molar-refractivity contribution in [3.8, 4) is 11.5 Å². The second-order valence-electron chi connectivity index (χ2n) is 3.29. The van der Waals surface area contributed by atoms with Gasteiger partial charge in [0.05, 0.1) is 7.11 Å². The van der Waals surface area contributed by atoms with Crippen molar-refractivity contribution < 1.29 is 14.3 Å². The molecule has 0 unspecified atom stereocenters. The lowest BCUT2D eigenvalue weighted by Gasteiger charge is -2.27. The van der Waals surface area contributed by atoms with Crippen LogP contribution < -0.4 is 9.47 Å². The molecule has 1 heterocycles. The van der Waals surface area contributed by atoms with Crippen molar-refractivity contribution in [2.45, 2.75) is 6.10 Å². The Hall–Kier alpha value is -1.45.